The number of para-hydroxylation sites is 8. The Labute approximate surface area is 794 Å². The van der Waals surface area contributed by atoms with Crippen LogP contribution in [0, 0.1) is 5.92 Å². The minimum Gasteiger partial charge on any atom is -0.382 e. The number of aliphatic hydroxyl groups excluding tert-OH is 4. The quantitative estimate of drug-likeness (QED) is 0.0546. The van der Waals surface area contributed by atoms with Gasteiger partial charge in [0.25, 0.3) is 0 Å². The van der Waals surface area contributed by atoms with Crippen molar-refractivity contribution in [2.75, 3.05) is 98.1 Å². The lowest BCUT2D eigenvalue weighted by atomic mass is 9.88. The van der Waals surface area contributed by atoms with Crippen LogP contribution in [0.15, 0.2) is 259 Å². The Balaban J connectivity index is 0.000000157. The van der Waals surface area contributed by atoms with Crippen molar-refractivity contribution in [3.8, 4) is 0 Å². The van der Waals surface area contributed by atoms with E-state index >= 15 is 0 Å². The summed E-state index contributed by atoms with van der Waals surface area (Å²) in [6, 6.07) is 54.6. The van der Waals surface area contributed by atoms with E-state index in [1.807, 2.05) is 44.8 Å². The predicted molar refractivity (Wildman–Crippen MR) is 479 cm³/mol. The molecule has 5 aliphatic rings. The summed E-state index contributed by atoms with van der Waals surface area (Å²) in [4.78, 5) is 12.8. The third kappa shape index (κ3) is 26.7. The molecule has 1 aromatic heterocycles. The summed E-state index contributed by atoms with van der Waals surface area (Å²) >= 11 is 7.47. The standard InChI is InChI=1S/C26H21F9N2O.C25H21ClF6N2O.C25H28F6N2O.C23H20F6N2OS/c27-24(28,29)18-7-3-5-16(11-18)13-36-14-22(17-6-4-8-19(12-17)25(30,31)32)37(15-23(38)26(33,34)35)21-10-2-1-9-20(21)36;26-19-10-8-16(9-11-19)13-33-14-22(17-4-3-5-18(12-17)24(27,28)29)34(15-23(35)25(30,31)32)21-7-2-1-6-20(21)33;26-24(27,28)19-10-6-9-18(13-19)22-15-32(14-17-7-2-1-3-8-17)20-11-4-5-12-21(20)33(22)16-23(34)25(29,30)31;24-22(25,26)17-5-3-4-16(10-17)20-12-30(11-15-8-9-33-14-15)18-6-1-2-7-19(18)31(20)13-21(32)23(27,28)29/h1-12,22-23,38H,13-15H2;1-12,22-23,35H,13-15H2;4-6,9-13,17,22-23,34H,1-3,7-8,14-16H2;1-10,14,20-21,32H,11-13H2/t3*22-,23+;20-,21+/m0000/s1. The Hall–Kier alpha value is -11.5. The Kier molecular flexibility index (Phi) is 32.6. The van der Waals surface area contributed by atoms with Crippen molar-refractivity contribution in [3.05, 3.63) is 331 Å². The van der Waals surface area contributed by atoms with Gasteiger partial charge in [0.15, 0.2) is 24.4 Å². The molecule has 0 amide bonds. The van der Waals surface area contributed by atoms with E-state index in [-0.39, 0.29) is 66.2 Å². The lowest BCUT2D eigenvalue weighted by molar-refractivity contribution is -0.200. The molecule has 12 nitrogen and oxygen atoms in total. The molecule has 1 saturated carbocycles. The maximum absolute atomic E-state index is 13.4. The molecule has 10 aromatic carbocycles. The maximum atomic E-state index is 13.4. The predicted octanol–water partition coefficient (Wildman–Crippen LogP) is 26.9. The van der Waals surface area contributed by atoms with Crippen LogP contribution in [-0.4, -0.2) is 128 Å². The van der Waals surface area contributed by atoms with Crippen LogP contribution in [0.25, 0.3) is 0 Å². The maximum Gasteiger partial charge on any atom is 0.416 e. The monoisotopic (exact) mass is 2030 g/mol. The van der Waals surface area contributed by atoms with E-state index < -0.39 is 158 Å². The van der Waals surface area contributed by atoms with Crippen molar-refractivity contribution in [3.63, 3.8) is 0 Å². The van der Waals surface area contributed by atoms with E-state index in [4.69, 9.17) is 11.6 Å². The highest BCUT2D eigenvalue weighted by molar-refractivity contribution is 7.08. The average molecular weight is 2040 g/mol. The second kappa shape index (κ2) is 43.2. The number of aliphatic hydroxyl groups is 4. The van der Waals surface area contributed by atoms with Gasteiger partial charge >= 0.3 is 55.6 Å². The van der Waals surface area contributed by atoms with Crippen molar-refractivity contribution in [1.82, 2.24) is 0 Å². The number of anilines is 8. The molecule has 5 heterocycles. The van der Waals surface area contributed by atoms with Gasteiger partial charge in [-0.1, -0.05) is 152 Å². The SMILES string of the molecule is O[C@H](CN1c2ccccc2N(CC2CCCCC2)C[C@H]1c1cccc(C(F)(F)F)c1)C(F)(F)F.O[C@H](CN1c2ccccc2N(Cc2ccc(Cl)cc2)C[C@H]1c1cccc(C(F)(F)F)c1)C(F)(F)F.O[C@H](CN1c2ccccc2N(Cc2cccc(C(F)(F)F)c2)C[C@H]1c1cccc(C(F)(F)F)c1)C(F)(F)F.O[C@H](CN1c2ccccc2N(Cc2ccsc2)C[C@H]1c1cccc(C(F)(F)F)c1)C(F)(F)F. The second-order valence-electron chi connectivity index (χ2n) is 34.4. The third-order valence-electron chi connectivity index (χ3n) is 24.7. The fourth-order valence-corrected chi connectivity index (χ4v) is 18.7. The number of hydrogen-bond acceptors (Lipinski definition) is 13. The molecule has 4 aliphatic heterocycles. The molecule has 1 aliphatic carbocycles. The molecule has 0 bridgehead atoms. The first kappa shape index (κ1) is 106. The Morgan fingerprint density at radius 1 is 0.279 bits per heavy atom. The first-order chi connectivity index (χ1) is 65.6. The normalized spacial score (nSPS) is 18.3. The molecule has 0 spiro atoms. The lowest BCUT2D eigenvalue weighted by Crippen LogP contribution is -2.50. The highest BCUT2D eigenvalue weighted by atomic mass is 35.5. The smallest absolute Gasteiger partial charge is 0.382 e. The Bertz CT molecular complexity index is 5910. The van der Waals surface area contributed by atoms with Gasteiger partial charge in [0, 0.05) is 57.4 Å². The van der Waals surface area contributed by atoms with Gasteiger partial charge < -0.3 is 59.6 Å². The van der Waals surface area contributed by atoms with Gasteiger partial charge in [0.1, 0.15) is 0 Å². The minimum absolute atomic E-state index is 0.0396. The van der Waals surface area contributed by atoms with Crippen molar-refractivity contribution in [2.45, 2.75) is 156 Å². The number of hydrogen-bond donors (Lipinski definition) is 4. The van der Waals surface area contributed by atoms with Gasteiger partial charge in [-0.2, -0.15) is 130 Å². The van der Waals surface area contributed by atoms with Crippen molar-refractivity contribution < 1.29 is 139 Å². The number of alkyl halides is 27. The van der Waals surface area contributed by atoms with Gasteiger partial charge in [-0.15, -0.1) is 0 Å². The van der Waals surface area contributed by atoms with E-state index in [0.29, 0.717) is 64.7 Å². The second-order valence-corrected chi connectivity index (χ2v) is 35.6. The highest BCUT2D eigenvalue weighted by Gasteiger charge is 2.49. The number of fused-ring (bicyclic) bond motifs is 4. The van der Waals surface area contributed by atoms with Crippen LogP contribution < -0.4 is 39.2 Å². The van der Waals surface area contributed by atoms with E-state index in [0.717, 1.165) is 109 Å². The molecule has 11 aromatic rings. The first-order valence-electron chi connectivity index (χ1n) is 43.7. The van der Waals surface area contributed by atoms with Gasteiger partial charge in [-0.3, -0.25) is 0 Å². The molecule has 1 fully saturated rings. The molecule has 41 heteroatoms. The minimum atomic E-state index is -4.98. The van der Waals surface area contributed by atoms with Gasteiger partial charge in [-0.25, -0.2) is 0 Å². The molecule has 0 saturated heterocycles. The van der Waals surface area contributed by atoms with Crippen molar-refractivity contribution >= 4 is 68.4 Å². The van der Waals surface area contributed by atoms with Crippen LogP contribution >= 0.6 is 22.9 Å². The van der Waals surface area contributed by atoms with Crippen LogP contribution in [0.2, 0.25) is 5.02 Å². The van der Waals surface area contributed by atoms with Crippen molar-refractivity contribution in [1.29, 1.82) is 0 Å². The number of β-amino-alcohol motifs (C(OH)–C–C–N with tert-alkyl or cyclic N) is 4. The average Bonchev–Trinajstić information content (AvgIpc) is 0.841. The molecule has 4 N–H and O–H groups in total. The van der Waals surface area contributed by atoms with Crippen LogP contribution in [0.3, 0.4) is 0 Å². The fraction of sp³-hybridized carbons (Fsp3) is 0.354. The number of benzene rings is 10. The molecular formula is C99H90ClF27N8O4S. The van der Waals surface area contributed by atoms with E-state index in [1.165, 1.54) is 104 Å². The molecule has 8 atom stereocenters. The lowest BCUT2D eigenvalue weighted by Gasteiger charge is -2.47. The number of rotatable bonds is 20. The molecule has 0 unspecified atom stereocenters. The van der Waals surface area contributed by atoms with Crippen LogP contribution in [0.5, 0.6) is 0 Å². The molecule has 752 valence electrons. The molecule has 16 rings (SSSR count). The van der Waals surface area contributed by atoms with Crippen LogP contribution in [0.1, 0.15) is 123 Å². The number of thiophene rings is 1. The molecular weight excluding hydrogens is 1950 g/mol. The highest BCUT2D eigenvalue weighted by Crippen LogP contribution is 2.51. The van der Waals surface area contributed by atoms with Gasteiger partial charge in [-0.05, 0) is 196 Å². The van der Waals surface area contributed by atoms with Crippen molar-refractivity contribution in [2.24, 2.45) is 5.92 Å². The summed E-state index contributed by atoms with van der Waals surface area (Å²) in [7, 11) is 0. The topological polar surface area (TPSA) is 107 Å². The summed E-state index contributed by atoms with van der Waals surface area (Å²) in [5.41, 5.74) is 2.19. The zero-order valence-corrected chi connectivity index (χ0v) is 75.0. The Morgan fingerprint density at radius 2 is 0.543 bits per heavy atom. The summed E-state index contributed by atoms with van der Waals surface area (Å²) < 4.78 is 360. The van der Waals surface area contributed by atoms with E-state index in [9.17, 15) is 139 Å². The summed E-state index contributed by atoms with van der Waals surface area (Å²) in [6.07, 6.45) is -47.8. The summed E-state index contributed by atoms with van der Waals surface area (Å²) in [5.74, 6) is 0.427. The zero-order chi connectivity index (χ0) is 102. The van der Waals surface area contributed by atoms with E-state index in [2.05, 4.69) is 4.90 Å². The first-order valence-corrected chi connectivity index (χ1v) is 45.0. The van der Waals surface area contributed by atoms with Crippen LogP contribution in [-0.2, 0) is 50.5 Å². The van der Waals surface area contributed by atoms with Gasteiger partial charge in [0.05, 0.1) is 124 Å². The largest absolute Gasteiger partial charge is 0.416 e. The summed E-state index contributed by atoms with van der Waals surface area (Å²) in [6.45, 7) is -1.59. The number of halogens is 28. The third-order valence-corrected chi connectivity index (χ3v) is 25.6. The fourth-order valence-electron chi connectivity index (χ4n) is 17.9. The molecule has 140 heavy (non-hydrogen) atoms. The van der Waals surface area contributed by atoms with E-state index in [1.54, 1.807) is 95.9 Å². The Morgan fingerprint density at radius 3 is 0.829 bits per heavy atom. The molecule has 0 radical (unpaired) electrons. The number of nitrogens with zero attached hydrogens (tertiary/aromatic N) is 8. The summed E-state index contributed by atoms with van der Waals surface area (Å²) in [5, 5.41) is 43.8. The van der Waals surface area contributed by atoms with Gasteiger partial charge in [0.2, 0.25) is 0 Å². The van der Waals surface area contributed by atoms with Crippen LogP contribution in [0.4, 0.5) is 164 Å². The zero-order valence-electron chi connectivity index (χ0n) is 73.4.